The Bertz CT molecular complexity index is 1020. The van der Waals surface area contributed by atoms with Gasteiger partial charge in [-0.1, -0.05) is 18.2 Å². The van der Waals surface area contributed by atoms with Gasteiger partial charge in [0.2, 0.25) is 0 Å². The van der Waals surface area contributed by atoms with Crippen molar-refractivity contribution in [2.24, 2.45) is 0 Å². The number of nitrogens with zero attached hydrogens (tertiary/aromatic N) is 1. The first kappa shape index (κ1) is 14.6. The molecule has 0 aliphatic rings. The number of amides is 1. The Morgan fingerprint density at radius 3 is 2.75 bits per heavy atom. The highest BCUT2D eigenvalue weighted by Gasteiger charge is 2.14. The van der Waals surface area contributed by atoms with Crippen LogP contribution in [0.4, 0.5) is 10.1 Å². The van der Waals surface area contributed by atoms with Crippen molar-refractivity contribution in [1.29, 1.82) is 0 Å². The summed E-state index contributed by atoms with van der Waals surface area (Å²) in [6.45, 7) is 0. The van der Waals surface area contributed by atoms with Crippen molar-refractivity contribution in [3.63, 3.8) is 0 Å². The summed E-state index contributed by atoms with van der Waals surface area (Å²) in [6.07, 6.45) is 0. The molecule has 0 saturated carbocycles. The Labute approximate surface area is 141 Å². The number of rotatable bonds is 3. The van der Waals surface area contributed by atoms with Crippen LogP contribution < -0.4 is 5.32 Å². The van der Waals surface area contributed by atoms with E-state index in [2.05, 4.69) is 15.5 Å². The zero-order valence-corrected chi connectivity index (χ0v) is 13.2. The fraction of sp³-hybridized carbons (Fsp3) is 0. The molecule has 24 heavy (non-hydrogen) atoms. The minimum atomic E-state index is -0.337. The SMILES string of the molecule is O=C(Nc1ccc(F)cc1)c1csc(-c2n[nH]c3ccccc23)c1. The van der Waals surface area contributed by atoms with Gasteiger partial charge in [-0.2, -0.15) is 5.10 Å². The van der Waals surface area contributed by atoms with Crippen LogP contribution in [0, 0.1) is 5.82 Å². The van der Waals surface area contributed by atoms with Crippen LogP contribution in [0.15, 0.2) is 60.0 Å². The first-order valence-electron chi connectivity index (χ1n) is 7.29. The zero-order chi connectivity index (χ0) is 16.5. The monoisotopic (exact) mass is 337 g/mol. The molecule has 0 fully saturated rings. The highest BCUT2D eigenvalue weighted by atomic mass is 32.1. The van der Waals surface area contributed by atoms with Crippen LogP contribution in [0.1, 0.15) is 10.4 Å². The average Bonchev–Trinajstić information content (AvgIpc) is 3.23. The van der Waals surface area contributed by atoms with Crippen LogP contribution >= 0.6 is 11.3 Å². The van der Waals surface area contributed by atoms with Gasteiger partial charge in [0.1, 0.15) is 11.5 Å². The van der Waals surface area contributed by atoms with E-state index in [9.17, 15) is 9.18 Å². The Morgan fingerprint density at radius 1 is 1.12 bits per heavy atom. The molecule has 1 amide bonds. The van der Waals surface area contributed by atoms with Crippen LogP contribution in [0.25, 0.3) is 21.5 Å². The van der Waals surface area contributed by atoms with E-state index in [1.807, 2.05) is 30.3 Å². The number of halogens is 1. The molecule has 0 aliphatic heterocycles. The molecule has 0 spiro atoms. The lowest BCUT2D eigenvalue weighted by atomic mass is 10.1. The van der Waals surface area contributed by atoms with E-state index in [4.69, 9.17) is 0 Å². The third-order valence-corrected chi connectivity index (χ3v) is 4.60. The molecule has 0 saturated heterocycles. The molecule has 0 atom stereocenters. The van der Waals surface area contributed by atoms with Gasteiger partial charge in [-0.25, -0.2) is 4.39 Å². The molecule has 118 valence electrons. The predicted octanol–water partition coefficient (Wildman–Crippen LogP) is 4.68. The Kier molecular flexibility index (Phi) is 3.59. The molecule has 2 aromatic carbocycles. The molecule has 4 aromatic rings. The van der Waals surface area contributed by atoms with E-state index in [1.165, 1.54) is 35.6 Å². The Morgan fingerprint density at radius 2 is 1.92 bits per heavy atom. The van der Waals surface area contributed by atoms with Gasteiger partial charge in [0, 0.05) is 16.5 Å². The minimum absolute atomic E-state index is 0.232. The molecular weight excluding hydrogens is 325 g/mol. The number of nitrogens with one attached hydrogen (secondary N) is 2. The summed E-state index contributed by atoms with van der Waals surface area (Å²) in [7, 11) is 0. The van der Waals surface area contributed by atoms with Gasteiger partial charge in [-0.05, 0) is 36.4 Å². The summed E-state index contributed by atoms with van der Waals surface area (Å²) in [5, 5.41) is 12.9. The van der Waals surface area contributed by atoms with Crippen molar-refractivity contribution in [3.05, 3.63) is 71.4 Å². The number of thiophene rings is 1. The van der Waals surface area contributed by atoms with E-state index in [-0.39, 0.29) is 11.7 Å². The van der Waals surface area contributed by atoms with Crippen molar-refractivity contribution < 1.29 is 9.18 Å². The first-order valence-corrected chi connectivity index (χ1v) is 8.17. The molecule has 4 rings (SSSR count). The fourth-order valence-corrected chi connectivity index (χ4v) is 3.36. The standard InChI is InChI=1S/C18H12FN3OS/c19-12-5-7-13(8-6-12)20-18(23)11-9-16(24-10-11)17-14-3-1-2-4-15(14)21-22-17/h1-10H,(H,20,23)(H,21,22). The lowest BCUT2D eigenvalue weighted by Gasteiger charge is -2.02. The maximum absolute atomic E-state index is 12.9. The minimum Gasteiger partial charge on any atom is -0.322 e. The quantitative estimate of drug-likeness (QED) is 0.570. The van der Waals surface area contributed by atoms with Gasteiger partial charge in [-0.15, -0.1) is 11.3 Å². The number of hydrogen-bond acceptors (Lipinski definition) is 3. The van der Waals surface area contributed by atoms with Crippen molar-refractivity contribution >= 4 is 33.8 Å². The number of aromatic amines is 1. The summed E-state index contributed by atoms with van der Waals surface area (Å²) < 4.78 is 12.9. The normalized spacial score (nSPS) is 10.9. The van der Waals surface area contributed by atoms with E-state index in [0.717, 1.165) is 21.5 Å². The second-order valence-electron chi connectivity index (χ2n) is 5.28. The summed E-state index contributed by atoms with van der Waals surface area (Å²) in [5.74, 6) is -0.569. The molecule has 2 N–H and O–H groups in total. The highest BCUT2D eigenvalue weighted by Crippen LogP contribution is 2.31. The molecule has 6 heteroatoms. The van der Waals surface area contributed by atoms with Crippen LogP contribution in [0.2, 0.25) is 0 Å². The maximum atomic E-state index is 12.9. The highest BCUT2D eigenvalue weighted by molar-refractivity contribution is 7.14. The second kappa shape index (κ2) is 5.90. The number of carbonyl (C=O) groups excluding carboxylic acids is 1. The molecule has 2 heterocycles. The smallest absolute Gasteiger partial charge is 0.256 e. The Hall–Kier alpha value is -2.99. The number of hydrogen-bond donors (Lipinski definition) is 2. The molecule has 0 unspecified atom stereocenters. The number of anilines is 1. The average molecular weight is 337 g/mol. The van der Waals surface area contributed by atoms with Crippen molar-refractivity contribution in [2.45, 2.75) is 0 Å². The summed E-state index contributed by atoms with van der Waals surface area (Å²) in [6, 6.07) is 15.3. The number of H-pyrrole nitrogens is 1. The van der Waals surface area contributed by atoms with Gasteiger partial charge < -0.3 is 5.32 Å². The lowest BCUT2D eigenvalue weighted by Crippen LogP contribution is -2.10. The zero-order valence-electron chi connectivity index (χ0n) is 12.4. The summed E-state index contributed by atoms with van der Waals surface area (Å²) in [5.41, 5.74) is 2.89. The van der Waals surface area contributed by atoms with E-state index < -0.39 is 0 Å². The Balaban J connectivity index is 1.60. The third-order valence-electron chi connectivity index (χ3n) is 3.67. The van der Waals surface area contributed by atoms with Gasteiger partial charge >= 0.3 is 0 Å². The third kappa shape index (κ3) is 2.68. The van der Waals surface area contributed by atoms with Crippen molar-refractivity contribution in [1.82, 2.24) is 10.2 Å². The number of aromatic nitrogens is 2. The summed E-state index contributed by atoms with van der Waals surface area (Å²) in [4.78, 5) is 13.2. The summed E-state index contributed by atoms with van der Waals surface area (Å²) >= 11 is 1.46. The van der Waals surface area contributed by atoms with E-state index >= 15 is 0 Å². The van der Waals surface area contributed by atoms with Crippen LogP contribution in [-0.2, 0) is 0 Å². The van der Waals surface area contributed by atoms with Gasteiger partial charge in [0.25, 0.3) is 5.91 Å². The lowest BCUT2D eigenvalue weighted by molar-refractivity contribution is 0.102. The van der Waals surface area contributed by atoms with E-state index in [0.29, 0.717) is 11.3 Å². The largest absolute Gasteiger partial charge is 0.322 e. The van der Waals surface area contributed by atoms with Gasteiger partial charge in [0.05, 0.1) is 16.0 Å². The maximum Gasteiger partial charge on any atom is 0.256 e. The van der Waals surface area contributed by atoms with Crippen LogP contribution in [0.5, 0.6) is 0 Å². The first-order chi connectivity index (χ1) is 11.7. The number of carbonyl (C=O) groups is 1. The number of benzene rings is 2. The molecule has 0 radical (unpaired) electrons. The number of fused-ring (bicyclic) bond motifs is 1. The van der Waals surface area contributed by atoms with E-state index in [1.54, 1.807) is 5.38 Å². The molecular formula is C18H12FN3OS. The second-order valence-corrected chi connectivity index (χ2v) is 6.19. The fourth-order valence-electron chi connectivity index (χ4n) is 2.47. The molecule has 0 bridgehead atoms. The molecule has 4 nitrogen and oxygen atoms in total. The molecule has 0 aliphatic carbocycles. The molecule has 2 aromatic heterocycles. The predicted molar refractivity (Wildman–Crippen MR) is 93.8 cm³/mol. The van der Waals surface area contributed by atoms with Gasteiger partial charge in [-0.3, -0.25) is 9.89 Å². The van der Waals surface area contributed by atoms with Crippen molar-refractivity contribution in [2.75, 3.05) is 5.32 Å². The van der Waals surface area contributed by atoms with Crippen LogP contribution in [-0.4, -0.2) is 16.1 Å². The number of para-hydroxylation sites is 1. The van der Waals surface area contributed by atoms with Crippen LogP contribution in [0.3, 0.4) is 0 Å². The topological polar surface area (TPSA) is 57.8 Å². The van der Waals surface area contributed by atoms with Crippen molar-refractivity contribution in [3.8, 4) is 10.6 Å². The van der Waals surface area contributed by atoms with Gasteiger partial charge in [0.15, 0.2) is 0 Å².